The van der Waals surface area contributed by atoms with Gasteiger partial charge in [0.2, 0.25) is 11.8 Å². The molecule has 2 aromatic heterocycles. The van der Waals surface area contributed by atoms with Crippen molar-refractivity contribution in [3.8, 4) is 22.6 Å². The molecule has 0 saturated carbocycles. The number of hydrogen-bond acceptors (Lipinski definition) is 13. The Morgan fingerprint density at radius 2 is 1.61 bits per heavy atom. The number of fused-ring (bicyclic) bond motifs is 2. The van der Waals surface area contributed by atoms with Gasteiger partial charge in [-0.1, -0.05) is 0 Å². The molecule has 0 bridgehead atoms. The molecule has 17 heteroatoms. The van der Waals surface area contributed by atoms with Gasteiger partial charge in [-0.05, 0) is 67.2 Å². The van der Waals surface area contributed by atoms with Crippen LogP contribution in [0.2, 0.25) is 0 Å². The molecule has 3 aliphatic heterocycles. The van der Waals surface area contributed by atoms with Crippen LogP contribution in [0.4, 0.5) is 5.69 Å². The minimum absolute atomic E-state index is 0.0870. The highest BCUT2D eigenvalue weighted by Crippen LogP contribution is 2.38. The first-order valence-electron chi connectivity index (χ1n) is 19.3. The third kappa shape index (κ3) is 9.27. The largest absolute Gasteiger partial charge is 0.496 e. The van der Waals surface area contributed by atoms with Gasteiger partial charge in [0.1, 0.15) is 17.5 Å². The zero-order valence-electron chi connectivity index (χ0n) is 33.6. The van der Waals surface area contributed by atoms with Gasteiger partial charge in [-0.25, -0.2) is 0 Å². The Morgan fingerprint density at radius 3 is 2.29 bits per heavy atom. The van der Waals surface area contributed by atoms with E-state index >= 15 is 0 Å². The van der Waals surface area contributed by atoms with Gasteiger partial charge < -0.3 is 33.7 Å². The van der Waals surface area contributed by atoms with Crippen LogP contribution in [0.1, 0.15) is 45.5 Å². The van der Waals surface area contributed by atoms with Crippen LogP contribution < -0.4 is 25.2 Å². The van der Waals surface area contributed by atoms with E-state index in [-0.39, 0.29) is 30.4 Å². The summed E-state index contributed by atoms with van der Waals surface area (Å²) in [5.41, 5.74) is 4.03. The number of aromatic nitrogens is 2. The fourth-order valence-corrected chi connectivity index (χ4v) is 7.80. The number of carbonyl (C=O) groups excluding carboxylic acids is 4. The van der Waals surface area contributed by atoms with Gasteiger partial charge in [0.15, 0.2) is 0 Å². The number of benzene rings is 2. The highest BCUT2D eigenvalue weighted by atomic mass is 16.5. The molecule has 2 fully saturated rings. The lowest BCUT2D eigenvalue weighted by atomic mass is 9.99. The number of nitrogens with zero attached hydrogens (tertiary/aromatic N) is 6. The first kappa shape index (κ1) is 42.4. The SMILES string of the molecule is COc1cc(-c2cn(C)c(=O)c3cnccc23)cc(OC)c1CN(C)CCCOCCN1CCN(c2ccc3c(c2)C(=O)N(C2CCC(=O)NC2=O)C3=O)CC1.O=CO. The summed E-state index contributed by atoms with van der Waals surface area (Å²) in [6.07, 6.45) is 6.18. The molecule has 2 N–H and O–H groups in total. The molecule has 4 aromatic rings. The van der Waals surface area contributed by atoms with E-state index in [9.17, 15) is 24.0 Å². The fourth-order valence-electron chi connectivity index (χ4n) is 7.80. The number of nitrogens with one attached hydrogen (secondary N) is 1. The number of carbonyl (C=O) groups is 5. The summed E-state index contributed by atoms with van der Waals surface area (Å²) in [6.45, 7) is 6.41. The highest BCUT2D eigenvalue weighted by molar-refractivity contribution is 6.23. The van der Waals surface area contributed by atoms with E-state index in [1.54, 1.807) is 50.4 Å². The Bertz CT molecular complexity index is 2260. The Hall–Kier alpha value is -6.17. The van der Waals surface area contributed by atoms with Gasteiger partial charge in [0, 0.05) is 95.7 Å². The molecule has 2 aromatic carbocycles. The van der Waals surface area contributed by atoms with E-state index in [4.69, 9.17) is 24.1 Å². The second-order valence-corrected chi connectivity index (χ2v) is 14.6. The Balaban J connectivity index is 0.00000189. The minimum Gasteiger partial charge on any atom is -0.496 e. The van der Waals surface area contributed by atoms with Crippen molar-refractivity contribution in [2.24, 2.45) is 7.05 Å². The summed E-state index contributed by atoms with van der Waals surface area (Å²) in [4.78, 5) is 83.3. The summed E-state index contributed by atoms with van der Waals surface area (Å²) in [7, 11) is 7.09. The summed E-state index contributed by atoms with van der Waals surface area (Å²) < 4.78 is 19.3. The van der Waals surface area contributed by atoms with E-state index in [0.29, 0.717) is 42.2 Å². The number of pyridine rings is 2. The van der Waals surface area contributed by atoms with E-state index in [0.717, 1.165) is 78.4 Å². The fraction of sp³-hybridized carbons (Fsp3) is 0.405. The second-order valence-electron chi connectivity index (χ2n) is 14.6. The van der Waals surface area contributed by atoms with Gasteiger partial charge in [0.25, 0.3) is 23.8 Å². The topological polar surface area (TPSA) is 193 Å². The van der Waals surface area contributed by atoms with Crippen molar-refractivity contribution in [1.29, 1.82) is 0 Å². The van der Waals surface area contributed by atoms with Crippen molar-refractivity contribution in [1.82, 2.24) is 29.6 Å². The minimum atomic E-state index is -0.978. The van der Waals surface area contributed by atoms with Crippen LogP contribution in [-0.2, 0) is 32.7 Å². The summed E-state index contributed by atoms with van der Waals surface area (Å²) in [5, 5.41) is 10.5. The number of anilines is 1. The average molecular weight is 812 g/mol. The summed E-state index contributed by atoms with van der Waals surface area (Å²) >= 11 is 0. The maximum absolute atomic E-state index is 13.3. The number of rotatable bonds is 14. The molecule has 59 heavy (non-hydrogen) atoms. The molecule has 17 nitrogen and oxygen atoms in total. The molecule has 3 aliphatic rings. The number of imide groups is 2. The average Bonchev–Trinajstić information content (AvgIpc) is 3.48. The molecule has 312 valence electrons. The van der Waals surface area contributed by atoms with Crippen molar-refractivity contribution < 1.29 is 43.3 Å². The molecule has 7 rings (SSSR count). The van der Waals surface area contributed by atoms with E-state index in [2.05, 4.69) is 32.0 Å². The predicted octanol–water partition coefficient (Wildman–Crippen LogP) is 2.38. The molecule has 0 spiro atoms. The van der Waals surface area contributed by atoms with Crippen LogP contribution in [-0.4, -0.2) is 139 Å². The zero-order valence-corrected chi connectivity index (χ0v) is 33.6. The van der Waals surface area contributed by atoms with Crippen LogP contribution >= 0.6 is 0 Å². The van der Waals surface area contributed by atoms with Gasteiger partial charge >= 0.3 is 0 Å². The quantitative estimate of drug-likeness (QED) is 0.107. The molecule has 0 aliphatic carbocycles. The molecule has 4 amide bonds. The molecular weight excluding hydrogens is 763 g/mol. The van der Waals surface area contributed by atoms with Crippen LogP contribution in [0.5, 0.6) is 11.5 Å². The van der Waals surface area contributed by atoms with Crippen molar-refractivity contribution in [2.75, 3.05) is 78.6 Å². The maximum Gasteiger partial charge on any atom is 0.290 e. The third-order valence-corrected chi connectivity index (χ3v) is 10.9. The first-order valence-corrected chi connectivity index (χ1v) is 19.3. The van der Waals surface area contributed by atoms with Crippen LogP contribution in [0.15, 0.2) is 59.8 Å². The number of methoxy groups -OCH3 is 2. The highest BCUT2D eigenvalue weighted by Gasteiger charge is 2.44. The lowest BCUT2D eigenvalue weighted by molar-refractivity contribution is -0.136. The van der Waals surface area contributed by atoms with Crippen LogP contribution in [0.25, 0.3) is 21.9 Å². The van der Waals surface area contributed by atoms with E-state index in [1.807, 2.05) is 30.5 Å². The molecule has 0 radical (unpaired) electrons. The number of piperidine rings is 1. The zero-order chi connectivity index (χ0) is 42.2. The standard InChI is InChI=1S/C41H47N7O8.CH2O2/c1-44(24-33-35(54-3)20-26(21-36(33)55-4)32-25-45(2)39(51)31-23-42-11-10-28(31)32)12-5-18-56-19-17-46-13-15-47(16-14-46)27-6-7-29-30(22-27)41(53)48(40(29)52)34-8-9-37(49)43-38(34)50;2-1-3/h6-7,10-11,20-23,25,34H,5,8-9,12-19,24H2,1-4H3,(H,43,49,50);1H,(H,2,3). The predicted molar refractivity (Wildman–Crippen MR) is 218 cm³/mol. The van der Waals surface area contributed by atoms with Crippen LogP contribution in [0, 0.1) is 0 Å². The smallest absolute Gasteiger partial charge is 0.290 e. The number of aryl methyl sites for hydroxylation is 1. The number of piperazine rings is 1. The number of carboxylic acid groups (broad SMARTS) is 1. The Kier molecular flexibility index (Phi) is 13.7. The van der Waals surface area contributed by atoms with Gasteiger partial charge in [-0.2, -0.15) is 0 Å². The summed E-state index contributed by atoms with van der Waals surface area (Å²) in [5.74, 6) is -0.600. The normalized spacial score (nSPS) is 16.9. The van der Waals surface area contributed by atoms with Crippen molar-refractivity contribution in [3.63, 3.8) is 0 Å². The summed E-state index contributed by atoms with van der Waals surface area (Å²) in [6, 6.07) is 10.1. The first-order chi connectivity index (χ1) is 28.5. The molecule has 5 heterocycles. The van der Waals surface area contributed by atoms with Crippen molar-refractivity contribution in [3.05, 3.63) is 82.0 Å². The molecule has 2 saturated heterocycles. The van der Waals surface area contributed by atoms with E-state index in [1.165, 1.54) is 0 Å². The second kappa shape index (κ2) is 19.1. The Labute approximate surface area is 341 Å². The van der Waals surface area contributed by atoms with E-state index < -0.39 is 29.7 Å². The van der Waals surface area contributed by atoms with Gasteiger partial charge in [-0.3, -0.25) is 48.9 Å². The lowest BCUT2D eigenvalue weighted by Gasteiger charge is -2.36. The van der Waals surface area contributed by atoms with Gasteiger partial charge in [0.05, 0.1) is 42.9 Å². The van der Waals surface area contributed by atoms with Gasteiger partial charge in [-0.15, -0.1) is 0 Å². The van der Waals surface area contributed by atoms with Crippen molar-refractivity contribution >= 4 is 46.6 Å². The maximum atomic E-state index is 13.3. The molecule has 1 unspecified atom stereocenters. The lowest BCUT2D eigenvalue weighted by Crippen LogP contribution is -2.54. The number of amides is 4. The Morgan fingerprint density at radius 1 is 0.915 bits per heavy atom. The molecule has 1 atom stereocenters. The molecular formula is C42H49N7O10. The van der Waals surface area contributed by atoms with Crippen molar-refractivity contribution in [2.45, 2.75) is 31.8 Å². The number of hydrogen-bond donors (Lipinski definition) is 2. The monoisotopic (exact) mass is 811 g/mol. The third-order valence-electron chi connectivity index (χ3n) is 10.9. The number of ether oxygens (including phenoxy) is 3. The van der Waals surface area contributed by atoms with Crippen LogP contribution in [0.3, 0.4) is 0 Å².